The van der Waals surface area contributed by atoms with Crippen molar-refractivity contribution in [3.8, 4) is 0 Å². The average Bonchev–Trinajstić information content (AvgIpc) is 2.76. The van der Waals surface area contributed by atoms with Gasteiger partial charge in [-0.1, -0.05) is 18.2 Å². The molecule has 4 aliphatic carbocycles. The van der Waals surface area contributed by atoms with E-state index in [1.165, 1.54) is 0 Å². The van der Waals surface area contributed by atoms with Crippen LogP contribution in [-0.4, -0.2) is 11.0 Å². The van der Waals surface area contributed by atoms with E-state index in [-0.39, 0.29) is 0 Å². The van der Waals surface area contributed by atoms with Gasteiger partial charge in [0.15, 0.2) is 4.90 Å². The molecule has 4 bridgehead atoms. The molecule has 1 aromatic rings. The van der Waals surface area contributed by atoms with Gasteiger partial charge in [0.2, 0.25) is 0 Å². The number of benzene rings is 1. The second-order valence-corrected chi connectivity index (χ2v) is 8.74. The van der Waals surface area contributed by atoms with Crippen LogP contribution >= 0.6 is 0 Å². The molecule has 1 heteroatoms. The molecule has 4 saturated carbocycles. The van der Waals surface area contributed by atoms with Gasteiger partial charge >= 0.3 is 0 Å². The summed E-state index contributed by atoms with van der Waals surface area (Å²) in [6.45, 7) is 0. The molecule has 17 heavy (non-hydrogen) atoms. The second kappa shape index (κ2) is 3.54. The van der Waals surface area contributed by atoms with Crippen molar-refractivity contribution in [3.63, 3.8) is 0 Å². The molecule has 3 unspecified atom stereocenters. The quantitative estimate of drug-likeness (QED) is 0.694. The van der Waals surface area contributed by atoms with E-state index in [4.69, 9.17) is 0 Å². The molecule has 0 amide bonds. The normalized spacial score (nSPS) is 44.2. The lowest BCUT2D eigenvalue weighted by molar-refractivity contribution is 0.282. The van der Waals surface area contributed by atoms with Crippen molar-refractivity contribution >= 4 is 10.9 Å². The SMILES string of the molecule is C[S+](c1ccccc1)C12CC3CC(CC1C3)C2. The van der Waals surface area contributed by atoms with Gasteiger partial charge in [0.05, 0.1) is 0 Å². The average molecular weight is 245 g/mol. The van der Waals surface area contributed by atoms with Crippen LogP contribution in [0.25, 0.3) is 0 Å². The third kappa shape index (κ3) is 1.38. The summed E-state index contributed by atoms with van der Waals surface area (Å²) >= 11 is 0. The first-order valence-corrected chi connectivity index (χ1v) is 8.62. The Morgan fingerprint density at radius 3 is 2.29 bits per heavy atom. The fourth-order valence-electron chi connectivity index (χ4n) is 5.08. The van der Waals surface area contributed by atoms with Gasteiger partial charge in [0, 0.05) is 29.7 Å². The zero-order valence-electron chi connectivity index (χ0n) is 10.6. The second-order valence-electron chi connectivity index (χ2n) is 6.43. The molecule has 0 saturated heterocycles. The highest BCUT2D eigenvalue weighted by Crippen LogP contribution is 2.64. The molecule has 0 spiro atoms. The standard InChI is InChI=1S/C16H21S/c1-17(15-5-3-2-4-6-15)16-10-12-7-13(11-16)9-14(16)8-12/h2-6,12-14H,7-11H2,1H3/q+1. The van der Waals surface area contributed by atoms with Crippen molar-refractivity contribution < 1.29 is 0 Å². The summed E-state index contributed by atoms with van der Waals surface area (Å²) < 4.78 is 0.717. The van der Waals surface area contributed by atoms with Gasteiger partial charge in [-0.3, -0.25) is 0 Å². The highest BCUT2D eigenvalue weighted by atomic mass is 32.2. The van der Waals surface area contributed by atoms with Crippen LogP contribution in [0.15, 0.2) is 35.2 Å². The van der Waals surface area contributed by atoms with Crippen LogP contribution in [0.2, 0.25) is 0 Å². The van der Waals surface area contributed by atoms with Gasteiger partial charge in [0.1, 0.15) is 11.0 Å². The van der Waals surface area contributed by atoms with Gasteiger partial charge in [0.25, 0.3) is 0 Å². The van der Waals surface area contributed by atoms with Crippen LogP contribution in [0.5, 0.6) is 0 Å². The first-order chi connectivity index (χ1) is 8.28. The number of rotatable bonds is 2. The van der Waals surface area contributed by atoms with E-state index in [9.17, 15) is 0 Å². The highest BCUT2D eigenvalue weighted by Gasteiger charge is 2.65. The Balaban J connectivity index is 1.71. The maximum absolute atomic E-state index is 2.53. The van der Waals surface area contributed by atoms with E-state index >= 15 is 0 Å². The minimum atomic E-state index is 0.475. The van der Waals surface area contributed by atoms with Crippen molar-refractivity contribution in [2.75, 3.05) is 6.26 Å². The van der Waals surface area contributed by atoms with Gasteiger partial charge in [-0.25, -0.2) is 0 Å². The molecule has 0 radical (unpaired) electrons. The Labute approximate surface area is 107 Å². The first-order valence-electron chi connectivity index (χ1n) is 6.99. The van der Waals surface area contributed by atoms with Crippen LogP contribution in [0.1, 0.15) is 32.1 Å². The molecule has 1 aromatic carbocycles. The summed E-state index contributed by atoms with van der Waals surface area (Å²) in [5, 5.41) is 0. The van der Waals surface area contributed by atoms with Crippen LogP contribution in [0.4, 0.5) is 0 Å². The zero-order chi connectivity index (χ0) is 11.5. The van der Waals surface area contributed by atoms with Crippen LogP contribution < -0.4 is 0 Å². The predicted octanol–water partition coefficient (Wildman–Crippen LogP) is 3.87. The lowest BCUT2D eigenvalue weighted by Crippen LogP contribution is -2.39. The van der Waals surface area contributed by atoms with Crippen molar-refractivity contribution in [2.45, 2.75) is 41.7 Å². The lowest BCUT2D eigenvalue weighted by Gasteiger charge is -2.30. The lowest BCUT2D eigenvalue weighted by atomic mass is 9.82. The third-order valence-electron chi connectivity index (χ3n) is 5.62. The van der Waals surface area contributed by atoms with Crippen LogP contribution in [-0.2, 0) is 10.9 Å². The molecule has 4 fully saturated rings. The first kappa shape index (κ1) is 10.5. The minimum absolute atomic E-state index is 0.475. The Hall–Kier alpha value is -0.430. The predicted molar refractivity (Wildman–Crippen MR) is 74.3 cm³/mol. The fraction of sp³-hybridized carbons (Fsp3) is 0.625. The molecule has 0 heterocycles. The summed E-state index contributed by atoms with van der Waals surface area (Å²) in [5.41, 5.74) is 0. The summed E-state index contributed by atoms with van der Waals surface area (Å²) in [6, 6.07) is 11.3. The molecule has 4 aliphatic rings. The maximum Gasteiger partial charge on any atom is 0.155 e. The molecule has 0 N–H and O–H groups in total. The molecule has 5 rings (SSSR count). The Morgan fingerprint density at radius 1 is 1.00 bits per heavy atom. The van der Waals surface area contributed by atoms with E-state index in [0.717, 1.165) is 22.5 Å². The zero-order valence-corrected chi connectivity index (χ0v) is 11.4. The molecule has 90 valence electrons. The molecule has 0 aliphatic heterocycles. The van der Waals surface area contributed by atoms with Crippen molar-refractivity contribution in [2.24, 2.45) is 17.8 Å². The van der Waals surface area contributed by atoms with E-state index in [2.05, 4.69) is 36.6 Å². The molecular formula is C16H21S+. The van der Waals surface area contributed by atoms with Crippen LogP contribution in [0, 0.1) is 17.8 Å². The van der Waals surface area contributed by atoms with E-state index in [1.54, 1.807) is 37.0 Å². The van der Waals surface area contributed by atoms with Crippen molar-refractivity contribution in [1.82, 2.24) is 0 Å². The monoisotopic (exact) mass is 245 g/mol. The fourth-order valence-corrected chi connectivity index (χ4v) is 7.78. The summed E-state index contributed by atoms with van der Waals surface area (Å²) in [5.74, 6) is 3.25. The van der Waals surface area contributed by atoms with E-state index in [1.807, 2.05) is 0 Å². The molecule has 0 aromatic heterocycles. The summed E-state index contributed by atoms with van der Waals surface area (Å²) in [4.78, 5) is 1.61. The van der Waals surface area contributed by atoms with Gasteiger partial charge in [-0.15, -0.1) is 0 Å². The van der Waals surface area contributed by atoms with Gasteiger partial charge in [-0.05, 0) is 43.2 Å². The van der Waals surface area contributed by atoms with Gasteiger partial charge in [-0.2, -0.15) is 0 Å². The van der Waals surface area contributed by atoms with E-state index in [0.29, 0.717) is 10.9 Å². The Morgan fingerprint density at radius 2 is 1.65 bits per heavy atom. The number of hydrogen-bond donors (Lipinski definition) is 0. The van der Waals surface area contributed by atoms with Crippen molar-refractivity contribution in [1.29, 1.82) is 0 Å². The summed E-state index contributed by atoms with van der Waals surface area (Å²) in [6.07, 6.45) is 10.3. The highest BCUT2D eigenvalue weighted by molar-refractivity contribution is 7.97. The largest absolute Gasteiger partial charge is 0.155 e. The molecule has 0 nitrogen and oxygen atoms in total. The van der Waals surface area contributed by atoms with Crippen LogP contribution in [0.3, 0.4) is 0 Å². The Kier molecular flexibility index (Phi) is 2.18. The molecule has 3 atom stereocenters. The smallest absolute Gasteiger partial charge is 0.0619 e. The topological polar surface area (TPSA) is 0 Å². The Bertz CT molecular complexity index is 410. The molecular weight excluding hydrogens is 224 g/mol. The van der Waals surface area contributed by atoms with E-state index < -0.39 is 0 Å². The minimum Gasteiger partial charge on any atom is -0.0619 e. The van der Waals surface area contributed by atoms with Gasteiger partial charge < -0.3 is 0 Å². The van der Waals surface area contributed by atoms with Crippen molar-refractivity contribution in [3.05, 3.63) is 30.3 Å². The third-order valence-corrected chi connectivity index (χ3v) is 8.49. The summed E-state index contributed by atoms with van der Waals surface area (Å²) in [7, 11) is 0.475. The maximum atomic E-state index is 2.53. The number of hydrogen-bond acceptors (Lipinski definition) is 0.